The molecule has 7 nitrogen and oxygen atoms in total. The number of fused-ring (bicyclic) bond motifs is 3. The molecule has 0 saturated carbocycles. The van der Waals surface area contributed by atoms with Gasteiger partial charge in [0.2, 0.25) is 0 Å². The van der Waals surface area contributed by atoms with E-state index in [2.05, 4.69) is 9.97 Å². The molecule has 0 amide bonds. The fourth-order valence-electron chi connectivity index (χ4n) is 3.96. The Hall–Kier alpha value is -2.28. The van der Waals surface area contributed by atoms with E-state index in [1.807, 2.05) is 13.8 Å². The maximum absolute atomic E-state index is 12.5. The SMILES string of the molecule is CC1(C)CC(=O)c2cnc3c(c2C1)c(=O)[nH]c(=O)n3C[C@H]1CCCO1. The standard InChI is InChI=1S/C18H21N3O4/c1-18(2)6-11-12(13(22)7-18)8-19-15-14(11)16(23)20-17(24)21(15)9-10-4-3-5-25-10/h8,10H,3-7,9H2,1-2H3,(H,20,23,24)/t10-/m1/s1. The monoisotopic (exact) mass is 343 g/mol. The topological polar surface area (TPSA) is 94.0 Å². The van der Waals surface area contributed by atoms with Gasteiger partial charge < -0.3 is 4.74 Å². The lowest BCUT2D eigenvalue weighted by Gasteiger charge is -2.30. The van der Waals surface area contributed by atoms with Gasteiger partial charge in [-0.1, -0.05) is 13.8 Å². The Balaban J connectivity index is 1.96. The number of ether oxygens (including phenoxy) is 1. The average Bonchev–Trinajstić information content (AvgIpc) is 3.02. The molecular formula is C18H21N3O4. The lowest BCUT2D eigenvalue weighted by atomic mass is 9.73. The van der Waals surface area contributed by atoms with Gasteiger partial charge in [-0.3, -0.25) is 19.1 Å². The van der Waals surface area contributed by atoms with Crippen molar-refractivity contribution >= 4 is 16.8 Å². The van der Waals surface area contributed by atoms with Crippen LogP contribution in [0.1, 0.15) is 49.0 Å². The highest BCUT2D eigenvalue weighted by atomic mass is 16.5. The second kappa shape index (κ2) is 5.62. The average molecular weight is 343 g/mol. The van der Waals surface area contributed by atoms with Crippen molar-refractivity contribution in [3.63, 3.8) is 0 Å². The molecule has 1 aliphatic carbocycles. The van der Waals surface area contributed by atoms with Crippen LogP contribution < -0.4 is 11.2 Å². The van der Waals surface area contributed by atoms with E-state index < -0.39 is 11.2 Å². The van der Waals surface area contributed by atoms with Crippen LogP contribution >= 0.6 is 0 Å². The highest BCUT2D eigenvalue weighted by Gasteiger charge is 2.33. The number of ketones is 1. The maximum Gasteiger partial charge on any atom is 0.330 e. The molecule has 2 aromatic rings. The zero-order valence-electron chi connectivity index (χ0n) is 14.4. The number of H-pyrrole nitrogens is 1. The largest absolute Gasteiger partial charge is 0.376 e. The number of carbonyl (C=O) groups excluding carboxylic acids is 1. The predicted octanol–water partition coefficient (Wildman–Crippen LogP) is 1.42. The molecule has 0 aromatic carbocycles. The normalized spacial score (nSPS) is 22.3. The van der Waals surface area contributed by atoms with Gasteiger partial charge in [-0.25, -0.2) is 9.78 Å². The van der Waals surface area contributed by atoms with Crippen LogP contribution in [0.15, 0.2) is 15.8 Å². The first-order valence-electron chi connectivity index (χ1n) is 8.65. The van der Waals surface area contributed by atoms with Crippen LogP contribution in [0.3, 0.4) is 0 Å². The number of carbonyl (C=O) groups is 1. The number of hydrogen-bond acceptors (Lipinski definition) is 5. The summed E-state index contributed by atoms with van der Waals surface area (Å²) >= 11 is 0. The second-order valence-electron chi connectivity index (χ2n) is 7.79. The molecule has 1 N–H and O–H groups in total. The van der Waals surface area contributed by atoms with Gasteiger partial charge in [0, 0.05) is 24.8 Å². The molecule has 0 unspecified atom stereocenters. The second-order valence-corrected chi connectivity index (χ2v) is 7.79. The molecule has 132 valence electrons. The van der Waals surface area contributed by atoms with Gasteiger partial charge in [0.05, 0.1) is 18.0 Å². The fraction of sp³-hybridized carbons (Fsp3) is 0.556. The Labute approximate surface area is 144 Å². The Kier molecular flexibility index (Phi) is 3.64. The Bertz CT molecular complexity index is 980. The molecule has 1 aliphatic heterocycles. The van der Waals surface area contributed by atoms with Gasteiger partial charge in [0.1, 0.15) is 5.65 Å². The number of pyridine rings is 1. The highest BCUT2D eigenvalue weighted by Crippen LogP contribution is 2.36. The Morgan fingerprint density at radius 3 is 2.84 bits per heavy atom. The summed E-state index contributed by atoms with van der Waals surface area (Å²) in [6, 6.07) is 0. The van der Waals surface area contributed by atoms with E-state index in [1.165, 1.54) is 10.8 Å². The van der Waals surface area contributed by atoms with Crippen LogP contribution in [0.25, 0.3) is 11.0 Å². The molecule has 1 fully saturated rings. The predicted molar refractivity (Wildman–Crippen MR) is 92.0 cm³/mol. The van der Waals surface area contributed by atoms with E-state index in [9.17, 15) is 14.4 Å². The third-order valence-corrected chi connectivity index (χ3v) is 5.12. The van der Waals surface area contributed by atoms with Gasteiger partial charge in [-0.05, 0) is 30.2 Å². The summed E-state index contributed by atoms with van der Waals surface area (Å²) in [5.74, 6) is -0.00285. The molecule has 1 saturated heterocycles. The first-order valence-corrected chi connectivity index (χ1v) is 8.65. The van der Waals surface area contributed by atoms with Crippen LogP contribution in [0, 0.1) is 5.41 Å². The van der Waals surface area contributed by atoms with Crippen LogP contribution in [0.5, 0.6) is 0 Å². The number of hydrogen-bond donors (Lipinski definition) is 1. The summed E-state index contributed by atoms with van der Waals surface area (Å²) < 4.78 is 7.09. The van der Waals surface area contributed by atoms with Crippen molar-refractivity contribution in [2.24, 2.45) is 5.41 Å². The molecule has 25 heavy (non-hydrogen) atoms. The van der Waals surface area contributed by atoms with E-state index in [1.54, 1.807) is 0 Å². The minimum Gasteiger partial charge on any atom is -0.376 e. The van der Waals surface area contributed by atoms with E-state index in [0.717, 1.165) is 12.8 Å². The van der Waals surface area contributed by atoms with Crippen molar-refractivity contribution in [3.8, 4) is 0 Å². The van der Waals surface area contributed by atoms with Crippen molar-refractivity contribution in [3.05, 3.63) is 38.2 Å². The summed E-state index contributed by atoms with van der Waals surface area (Å²) in [6.07, 6.45) is 4.34. The molecule has 0 radical (unpaired) electrons. The van der Waals surface area contributed by atoms with Crippen molar-refractivity contribution in [2.75, 3.05) is 6.61 Å². The quantitative estimate of drug-likeness (QED) is 0.890. The fourth-order valence-corrected chi connectivity index (χ4v) is 3.96. The van der Waals surface area contributed by atoms with Gasteiger partial charge in [0.15, 0.2) is 5.78 Å². The van der Waals surface area contributed by atoms with Crippen molar-refractivity contribution in [2.45, 2.75) is 52.2 Å². The third kappa shape index (κ3) is 2.72. The minimum atomic E-state index is -0.484. The minimum absolute atomic E-state index is 0.00285. The lowest BCUT2D eigenvalue weighted by molar-refractivity contribution is 0.0911. The number of nitrogens with one attached hydrogen (secondary N) is 1. The Morgan fingerprint density at radius 1 is 1.32 bits per heavy atom. The molecule has 0 spiro atoms. The summed E-state index contributed by atoms with van der Waals surface area (Å²) in [4.78, 5) is 44.0. The first kappa shape index (κ1) is 16.2. The van der Waals surface area contributed by atoms with E-state index in [0.29, 0.717) is 48.2 Å². The number of Topliss-reactive ketones (excluding diaryl/α,β-unsaturated/α-hetero) is 1. The first-order chi connectivity index (χ1) is 11.9. The van der Waals surface area contributed by atoms with E-state index in [-0.39, 0.29) is 17.3 Å². The molecule has 3 heterocycles. The van der Waals surface area contributed by atoms with Crippen LogP contribution in [-0.4, -0.2) is 33.0 Å². The van der Waals surface area contributed by atoms with E-state index >= 15 is 0 Å². The summed E-state index contributed by atoms with van der Waals surface area (Å²) in [5.41, 5.74) is 0.363. The van der Waals surface area contributed by atoms with Gasteiger partial charge in [-0.2, -0.15) is 0 Å². The van der Waals surface area contributed by atoms with Gasteiger partial charge in [0.25, 0.3) is 5.56 Å². The van der Waals surface area contributed by atoms with Gasteiger partial charge in [-0.15, -0.1) is 0 Å². The summed E-state index contributed by atoms with van der Waals surface area (Å²) in [6.45, 7) is 5.06. The molecule has 1 atom stereocenters. The number of aromatic nitrogens is 3. The van der Waals surface area contributed by atoms with Crippen LogP contribution in [-0.2, 0) is 17.7 Å². The summed E-state index contributed by atoms with van der Waals surface area (Å²) in [7, 11) is 0. The van der Waals surface area contributed by atoms with Gasteiger partial charge >= 0.3 is 5.69 Å². The van der Waals surface area contributed by atoms with Crippen molar-refractivity contribution in [1.29, 1.82) is 0 Å². The molecule has 2 aliphatic rings. The molecule has 4 rings (SSSR count). The lowest BCUT2D eigenvalue weighted by Crippen LogP contribution is -2.36. The number of aromatic amines is 1. The third-order valence-electron chi connectivity index (χ3n) is 5.12. The molecule has 2 aromatic heterocycles. The van der Waals surface area contributed by atoms with Crippen molar-refractivity contribution < 1.29 is 9.53 Å². The zero-order chi connectivity index (χ0) is 17.8. The number of rotatable bonds is 2. The maximum atomic E-state index is 12.5. The zero-order valence-corrected chi connectivity index (χ0v) is 14.4. The smallest absolute Gasteiger partial charge is 0.330 e. The number of nitrogens with zero attached hydrogens (tertiary/aromatic N) is 2. The summed E-state index contributed by atoms with van der Waals surface area (Å²) in [5, 5.41) is 0.358. The van der Waals surface area contributed by atoms with Crippen LogP contribution in [0.4, 0.5) is 0 Å². The van der Waals surface area contributed by atoms with E-state index in [4.69, 9.17) is 4.74 Å². The molecule has 7 heteroatoms. The Morgan fingerprint density at radius 2 is 2.12 bits per heavy atom. The highest BCUT2D eigenvalue weighted by molar-refractivity contribution is 6.02. The van der Waals surface area contributed by atoms with Crippen molar-refractivity contribution in [1.82, 2.24) is 14.5 Å². The van der Waals surface area contributed by atoms with Crippen LogP contribution in [0.2, 0.25) is 0 Å². The molecule has 0 bridgehead atoms. The molecular weight excluding hydrogens is 322 g/mol.